The van der Waals surface area contributed by atoms with Gasteiger partial charge in [0, 0.05) is 16.5 Å². The number of halogens is 1. The van der Waals surface area contributed by atoms with Gasteiger partial charge in [0.2, 0.25) is 0 Å². The van der Waals surface area contributed by atoms with Crippen LogP contribution < -0.4 is 5.32 Å². The van der Waals surface area contributed by atoms with E-state index in [0.717, 1.165) is 10.7 Å². The van der Waals surface area contributed by atoms with Crippen LogP contribution in [0.25, 0.3) is 0 Å². The smallest absolute Gasteiger partial charge is 0.128 e. The van der Waals surface area contributed by atoms with Gasteiger partial charge in [0.25, 0.3) is 0 Å². The highest BCUT2D eigenvalue weighted by Gasteiger charge is 2.29. The van der Waals surface area contributed by atoms with Crippen molar-refractivity contribution in [2.45, 2.75) is 38.8 Å². The van der Waals surface area contributed by atoms with E-state index in [0.29, 0.717) is 11.6 Å². The van der Waals surface area contributed by atoms with Crippen molar-refractivity contribution < 1.29 is 4.39 Å². The molecule has 19 heavy (non-hydrogen) atoms. The van der Waals surface area contributed by atoms with Crippen molar-refractivity contribution in [1.82, 2.24) is 10.3 Å². The predicted octanol–water partition coefficient (Wildman–Crippen LogP) is 3.74. The summed E-state index contributed by atoms with van der Waals surface area (Å²) in [6.45, 7) is 4.07. The van der Waals surface area contributed by atoms with Crippen LogP contribution in [-0.4, -0.2) is 11.0 Å². The highest BCUT2D eigenvalue weighted by Crippen LogP contribution is 2.32. The monoisotopic (exact) mass is 276 g/mol. The first-order valence-corrected chi connectivity index (χ1v) is 7.41. The minimum absolute atomic E-state index is 0.119. The van der Waals surface area contributed by atoms with E-state index in [1.54, 1.807) is 17.4 Å². The number of benzene rings is 1. The zero-order valence-corrected chi connectivity index (χ0v) is 11.9. The number of rotatable bonds is 4. The van der Waals surface area contributed by atoms with E-state index in [9.17, 15) is 4.39 Å². The normalized spacial score (nSPS) is 16.6. The zero-order chi connectivity index (χ0) is 13.4. The second-order valence-electron chi connectivity index (χ2n) is 5.09. The Morgan fingerprint density at radius 3 is 2.63 bits per heavy atom. The van der Waals surface area contributed by atoms with Gasteiger partial charge in [-0.2, -0.15) is 0 Å². The molecule has 2 aromatic rings. The summed E-state index contributed by atoms with van der Waals surface area (Å²) in [4.78, 5) is 5.80. The molecule has 1 aliphatic carbocycles. The molecule has 1 aromatic carbocycles. The van der Waals surface area contributed by atoms with Gasteiger partial charge in [-0.3, -0.25) is 0 Å². The summed E-state index contributed by atoms with van der Waals surface area (Å²) >= 11 is 1.66. The first-order chi connectivity index (χ1) is 9.15. The SMILES string of the molecule is Cc1nc(C(NC2CC2)c2ccccc2F)sc1C. The standard InChI is InChI=1S/C15H17FN2S/c1-9-10(2)19-15(17-9)14(18-11-7-8-11)12-5-3-4-6-13(12)16/h3-6,11,14,18H,7-8H2,1-2H3. The molecule has 1 N–H and O–H groups in total. The topological polar surface area (TPSA) is 24.9 Å². The molecule has 3 rings (SSSR count). The van der Waals surface area contributed by atoms with E-state index in [1.165, 1.54) is 23.8 Å². The molecule has 1 saturated carbocycles. The number of aromatic nitrogens is 1. The highest BCUT2D eigenvalue weighted by atomic mass is 32.1. The molecule has 100 valence electrons. The molecule has 2 nitrogen and oxygen atoms in total. The molecular formula is C15H17FN2S. The van der Waals surface area contributed by atoms with Gasteiger partial charge >= 0.3 is 0 Å². The summed E-state index contributed by atoms with van der Waals surface area (Å²) in [7, 11) is 0. The summed E-state index contributed by atoms with van der Waals surface area (Å²) in [6.07, 6.45) is 2.35. The Kier molecular flexibility index (Phi) is 3.37. The molecule has 1 unspecified atom stereocenters. The minimum atomic E-state index is -0.161. The molecule has 1 heterocycles. The minimum Gasteiger partial charge on any atom is -0.301 e. The van der Waals surface area contributed by atoms with Gasteiger partial charge in [0.1, 0.15) is 10.8 Å². The number of hydrogen-bond acceptors (Lipinski definition) is 3. The van der Waals surface area contributed by atoms with Crippen molar-refractivity contribution in [2.24, 2.45) is 0 Å². The van der Waals surface area contributed by atoms with Crippen molar-refractivity contribution in [3.63, 3.8) is 0 Å². The fourth-order valence-electron chi connectivity index (χ4n) is 2.11. The summed E-state index contributed by atoms with van der Waals surface area (Å²) in [5.41, 5.74) is 1.74. The number of thiazole rings is 1. The Morgan fingerprint density at radius 2 is 2.05 bits per heavy atom. The third kappa shape index (κ3) is 2.69. The van der Waals surface area contributed by atoms with Crippen LogP contribution in [0.4, 0.5) is 4.39 Å². The van der Waals surface area contributed by atoms with Crippen molar-refractivity contribution in [3.8, 4) is 0 Å². The summed E-state index contributed by atoms with van der Waals surface area (Å²) in [6, 6.07) is 7.37. The summed E-state index contributed by atoms with van der Waals surface area (Å²) in [5, 5.41) is 4.48. The lowest BCUT2D eigenvalue weighted by Gasteiger charge is -2.17. The molecule has 1 atom stereocenters. The zero-order valence-electron chi connectivity index (χ0n) is 11.1. The maximum atomic E-state index is 14.0. The highest BCUT2D eigenvalue weighted by molar-refractivity contribution is 7.11. The van der Waals surface area contributed by atoms with Crippen molar-refractivity contribution in [3.05, 3.63) is 51.2 Å². The van der Waals surface area contributed by atoms with E-state index in [4.69, 9.17) is 0 Å². The third-order valence-electron chi connectivity index (χ3n) is 3.49. The van der Waals surface area contributed by atoms with Crippen LogP contribution >= 0.6 is 11.3 Å². The third-order valence-corrected chi connectivity index (χ3v) is 4.63. The van der Waals surface area contributed by atoms with E-state index < -0.39 is 0 Å². The van der Waals surface area contributed by atoms with Gasteiger partial charge in [-0.15, -0.1) is 11.3 Å². The lowest BCUT2D eigenvalue weighted by atomic mass is 10.1. The Balaban J connectivity index is 1.99. The lowest BCUT2D eigenvalue weighted by molar-refractivity contribution is 0.544. The van der Waals surface area contributed by atoms with Gasteiger partial charge in [-0.05, 0) is 32.8 Å². The maximum Gasteiger partial charge on any atom is 0.128 e. The first kappa shape index (κ1) is 12.8. The lowest BCUT2D eigenvalue weighted by Crippen LogP contribution is -2.25. The quantitative estimate of drug-likeness (QED) is 0.920. The van der Waals surface area contributed by atoms with Crippen LogP contribution in [0.5, 0.6) is 0 Å². The van der Waals surface area contributed by atoms with Gasteiger partial charge in [-0.25, -0.2) is 9.37 Å². The second-order valence-corrected chi connectivity index (χ2v) is 6.32. The van der Waals surface area contributed by atoms with E-state index in [-0.39, 0.29) is 11.9 Å². The summed E-state index contributed by atoms with van der Waals surface area (Å²) in [5.74, 6) is -0.161. The van der Waals surface area contributed by atoms with Crippen molar-refractivity contribution >= 4 is 11.3 Å². The van der Waals surface area contributed by atoms with E-state index >= 15 is 0 Å². The average molecular weight is 276 g/mol. The molecule has 0 radical (unpaired) electrons. The van der Waals surface area contributed by atoms with Crippen LogP contribution in [0.3, 0.4) is 0 Å². The molecule has 0 amide bonds. The maximum absolute atomic E-state index is 14.0. The molecule has 1 fully saturated rings. The van der Waals surface area contributed by atoms with Gasteiger partial charge in [-0.1, -0.05) is 18.2 Å². The number of hydrogen-bond donors (Lipinski definition) is 1. The number of nitrogens with zero attached hydrogens (tertiary/aromatic N) is 1. The van der Waals surface area contributed by atoms with Crippen LogP contribution in [0, 0.1) is 19.7 Å². The fraction of sp³-hybridized carbons (Fsp3) is 0.400. The van der Waals surface area contributed by atoms with Crippen molar-refractivity contribution in [2.75, 3.05) is 0 Å². The molecule has 1 aromatic heterocycles. The molecule has 0 bridgehead atoms. The van der Waals surface area contributed by atoms with Gasteiger partial charge in [0.05, 0.1) is 11.7 Å². The van der Waals surface area contributed by atoms with Crippen LogP contribution in [0.2, 0.25) is 0 Å². The van der Waals surface area contributed by atoms with Crippen molar-refractivity contribution in [1.29, 1.82) is 0 Å². The average Bonchev–Trinajstić information content (AvgIpc) is 3.14. The van der Waals surface area contributed by atoms with Gasteiger partial charge in [0.15, 0.2) is 0 Å². The van der Waals surface area contributed by atoms with Crippen LogP contribution in [0.15, 0.2) is 24.3 Å². The molecule has 4 heteroatoms. The Hall–Kier alpha value is -1.26. The fourth-order valence-corrected chi connectivity index (χ4v) is 3.11. The van der Waals surface area contributed by atoms with Crippen LogP contribution in [-0.2, 0) is 0 Å². The largest absolute Gasteiger partial charge is 0.301 e. The predicted molar refractivity (Wildman–Crippen MR) is 76.0 cm³/mol. The molecule has 0 spiro atoms. The molecule has 0 aliphatic heterocycles. The molecule has 0 saturated heterocycles. The van der Waals surface area contributed by atoms with E-state index in [2.05, 4.69) is 17.2 Å². The molecular weight excluding hydrogens is 259 g/mol. The Morgan fingerprint density at radius 1 is 1.32 bits per heavy atom. The van der Waals surface area contributed by atoms with Crippen LogP contribution in [0.1, 0.15) is 40.0 Å². The second kappa shape index (κ2) is 5.02. The van der Waals surface area contributed by atoms with E-state index in [1.807, 2.05) is 19.1 Å². The number of aryl methyl sites for hydroxylation is 2. The molecule has 1 aliphatic rings. The first-order valence-electron chi connectivity index (χ1n) is 6.59. The Bertz CT molecular complexity index is 570. The van der Waals surface area contributed by atoms with Gasteiger partial charge < -0.3 is 5.32 Å². The number of nitrogens with one attached hydrogen (secondary N) is 1. The summed E-state index contributed by atoms with van der Waals surface area (Å²) < 4.78 is 14.0. The Labute approximate surface area is 116 Å².